The van der Waals surface area contributed by atoms with Crippen molar-refractivity contribution in [3.8, 4) is 0 Å². The van der Waals surface area contributed by atoms with Gasteiger partial charge in [-0.05, 0) is 32.1 Å². The van der Waals surface area contributed by atoms with E-state index in [4.69, 9.17) is 0 Å². The van der Waals surface area contributed by atoms with Gasteiger partial charge < -0.3 is 0 Å². The fourth-order valence-electron chi connectivity index (χ4n) is 2.19. The average Bonchev–Trinajstić information content (AvgIpc) is 2.27. The van der Waals surface area contributed by atoms with E-state index < -0.39 is 0 Å². The Morgan fingerprint density at radius 1 is 0.400 bits per heavy atom. The van der Waals surface area contributed by atoms with Crippen molar-refractivity contribution < 1.29 is 0 Å². The summed E-state index contributed by atoms with van der Waals surface area (Å²) < 4.78 is 0. The Balaban J connectivity index is 2.08. The van der Waals surface area contributed by atoms with Gasteiger partial charge in [0.15, 0.2) is 0 Å². The van der Waals surface area contributed by atoms with Crippen LogP contribution in [-0.2, 0) is 0 Å². The molecule has 1 aliphatic carbocycles. The molecule has 0 aliphatic heterocycles. The van der Waals surface area contributed by atoms with E-state index in [1.807, 2.05) is 0 Å². The Morgan fingerprint density at radius 2 is 0.800 bits per heavy atom. The van der Waals surface area contributed by atoms with Crippen LogP contribution in [0, 0.1) is 6.42 Å². The largest absolute Gasteiger partial charge is 0.0885 e. The van der Waals surface area contributed by atoms with Crippen LogP contribution < -0.4 is 0 Å². The molecule has 0 amide bonds. The van der Waals surface area contributed by atoms with Gasteiger partial charge in [-0.25, -0.2) is 0 Å². The molecule has 0 aromatic rings. The lowest BCUT2D eigenvalue weighted by molar-refractivity contribution is 0.603. The minimum atomic E-state index is 1.31. The Labute approximate surface area is 96.2 Å². The molecule has 1 rings (SSSR count). The van der Waals surface area contributed by atoms with Gasteiger partial charge in [0.2, 0.25) is 0 Å². The van der Waals surface area contributed by atoms with E-state index >= 15 is 0 Å². The highest BCUT2D eigenvalue weighted by atomic mass is 14.0. The third-order valence-electron chi connectivity index (χ3n) is 3.22. The Bertz CT molecular complexity index is 130. The van der Waals surface area contributed by atoms with Gasteiger partial charge in [-0.1, -0.05) is 63.5 Å². The molecular weight excluding hydrogens is 180 g/mol. The van der Waals surface area contributed by atoms with E-state index in [9.17, 15) is 0 Å². The van der Waals surface area contributed by atoms with Crippen molar-refractivity contribution in [3.05, 3.63) is 18.6 Å². The standard InChI is InChI=1S/C15H27/c1-2-4-6-8-10-12-14-15-13-11-9-7-5-3-1/h1-2,13H,3-12,14-15H2. The minimum Gasteiger partial charge on any atom is -0.0885 e. The molecule has 0 N–H and O–H groups in total. The molecule has 0 spiro atoms. The fourth-order valence-corrected chi connectivity index (χ4v) is 2.19. The van der Waals surface area contributed by atoms with E-state index in [0.717, 1.165) is 0 Å². The molecule has 0 fully saturated rings. The summed E-state index contributed by atoms with van der Waals surface area (Å²) >= 11 is 0. The van der Waals surface area contributed by atoms with Crippen molar-refractivity contribution in [3.63, 3.8) is 0 Å². The first-order valence-electron chi connectivity index (χ1n) is 6.97. The van der Waals surface area contributed by atoms with Crippen LogP contribution in [-0.4, -0.2) is 0 Å². The number of allylic oxidation sites excluding steroid dienone is 2. The molecule has 0 nitrogen and oxygen atoms in total. The van der Waals surface area contributed by atoms with Crippen molar-refractivity contribution >= 4 is 0 Å². The van der Waals surface area contributed by atoms with E-state index in [1.165, 1.54) is 77.0 Å². The van der Waals surface area contributed by atoms with Gasteiger partial charge in [0.05, 0.1) is 0 Å². The summed E-state index contributed by atoms with van der Waals surface area (Å²) in [6.07, 6.45) is 24.0. The summed E-state index contributed by atoms with van der Waals surface area (Å²) in [4.78, 5) is 0. The summed E-state index contributed by atoms with van der Waals surface area (Å²) in [5, 5.41) is 0. The molecule has 0 aromatic heterocycles. The van der Waals surface area contributed by atoms with Gasteiger partial charge in [-0.3, -0.25) is 0 Å². The van der Waals surface area contributed by atoms with Gasteiger partial charge in [-0.2, -0.15) is 0 Å². The van der Waals surface area contributed by atoms with Gasteiger partial charge in [-0.15, -0.1) is 0 Å². The lowest BCUT2D eigenvalue weighted by atomic mass is 10.1. The van der Waals surface area contributed by atoms with E-state index in [-0.39, 0.29) is 0 Å². The Kier molecular flexibility index (Phi) is 8.76. The van der Waals surface area contributed by atoms with Crippen molar-refractivity contribution in [2.45, 2.75) is 77.0 Å². The monoisotopic (exact) mass is 207 g/mol. The smallest absolute Gasteiger partial charge is 0.0351 e. The topological polar surface area (TPSA) is 0 Å². The van der Waals surface area contributed by atoms with E-state index in [0.29, 0.717) is 0 Å². The highest BCUT2D eigenvalue weighted by molar-refractivity contribution is 4.81. The van der Waals surface area contributed by atoms with Crippen LogP contribution in [0.25, 0.3) is 0 Å². The molecular formula is C15H27. The summed E-state index contributed by atoms with van der Waals surface area (Å²) in [5.74, 6) is 0. The van der Waals surface area contributed by atoms with Gasteiger partial charge >= 0.3 is 0 Å². The Hall–Kier alpha value is -0.260. The zero-order valence-electron chi connectivity index (χ0n) is 10.2. The van der Waals surface area contributed by atoms with Crippen molar-refractivity contribution in [2.75, 3.05) is 0 Å². The molecule has 87 valence electrons. The molecule has 0 saturated carbocycles. The lowest BCUT2D eigenvalue weighted by Gasteiger charge is -2.01. The average molecular weight is 207 g/mol. The SMILES string of the molecule is [CH]1CCCCCC=CCCCCCCC1. The first-order valence-corrected chi connectivity index (χ1v) is 6.97. The minimum absolute atomic E-state index is 1.31. The van der Waals surface area contributed by atoms with Crippen LogP contribution in [0.5, 0.6) is 0 Å². The molecule has 0 heteroatoms. The van der Waals surface area contributed by atoms with Crippen molar-refractivity contribution in [2.24, 2.45) is 0 Å². The lowest BCUT2D eigenvalue weighted by Crippen LogP contribution is -1.82. The van der Waals surface area contributed by atoms with Crippen LogP contribution in [0.15, 0.2) is 12.2 Å². The zero-order valence-corrected chi connectivity index (χ0v) is 10.2. The highest BCUT2D eigenvalue weighted by Crippen LogP contribution is 2.13. The Morgan fingerprint density at radius 3 is 1.40 bits per heavy atom. The number of hydrogen-bond donors (Lipinski definition) is 0. The zero-order chi connectivity index (χ0) is 10.6. The fraction of sp³-hybridized carbons (Fsp3) is 0.800. The third kappa shape index (κ3) is 8.72. The molecule has 0 heterocycles. The van der Waals surface area contributed by atoms with E-state index in [1.54, 1.807) is 0 Å². The predicted octanol–water partition coefficient (Wildman–Crippen LogP) is 5.44. The summed E-state index contributed by atoms with van der Waals surface area (Å²) in [7, 11) is 0. The number of hydrogen-bond acceptors (Lipinski definition) is 0. The molecule has 15 heavy (non-hydrogen) atoms. The predicted molar refractivity (Wildman–Crippen MR) is 68.8 cm³/mol. The summed E-state index contributed by atoms with van der Waals surface area (Å²) in [6.45, 7) is 0. The second-order valence-corrected chi connectivity index (χ2v) is 4.74. The van der Waals surface area contributed by atoms with Crippen LogP contribution in [0.4, 0.5) is 0 Å². The molecule has 0 aromatic carbocycles. The van der Waals surface area contributed by atoms with Gasteiger partial charge in [0.1, 0.15) is 0 Å². The van der Waals surface area contributed by atoms with Crippen LogP contribution in [0.1, 0.15) is 77.0 Å². The van der Waals surface area contributed by atoms with Gasteiger partial charge in [0, 0.05) is 0 Å². The maximum Gasteiger partial charge on any atom is -0.0351 e. The summed E-state index contributed by atoms with van der Waals surface area (Å²) in [5.41, 5.74) is 0. The number of rotatable bonds is 0. The quantitative estimate of drug-likeness (QED) is 0.464. The maximum atomic E-state index is 2.51. The normalized spacial score (nSPS) is 22.9. The second-order valence-electron chi connectivity index (χ2n) is 4.74. The molecule has 0 unspecified atom stereocenters. The molecule has 0 bridgehead atoms. The highest BCUT2D eigenvalue weighted by Gasteiger charge is 1.94. The van der Waals surface area contributed by atoms with Crippen molar-refractivity contribution in [1.82, 2.24) is 0 Å². The van der Waals surface area contributed by atoms with Crippen LogP contribution in [0.2, 0.25) is 0 Å². The van der Waals surface area contributed by atoms with Crippen LogP contribution >= 0.6 is 0 Å². The van der Waals surface area contributed by atoms with Crippen molar-refractivity contribution in [1.29, 1.82) is 0 Å². The molecule has 1 radical (unpaired) electrons. The molecule has 0 saturated heterocycles. The van der Waals surface area contributed by atoms with Crippen LogP contribution in [0.3, 0.4) is 0 Å². The first-order chi connectivity index (χ1) is 7.50. The second kappa shape index (κ2) is 10.3. The maximum absolute atomic E-state index is 2.51. The van der Waals surface area contributed by atoms with E-state index in [2.05, 4.69) is 18.6 Å². The molecule has 0 atom stereocenters. The third-order valence-corrected chi connectivity index (χ3v) is 3.22. The molecule has 1 aliphatic rings. The van der Waals surface area contributed by atoms with Gasteiger partial charge in [0.25, 0.3) is 0 Å². The summed E-state index contributed by atoms with van der Waals surface area (Å²) in [6, 6.07) is 0. The first kappa shape index (κ1) is 12.8.